The lowest BCUT2D eigenvalue weighted by atomic mass is 10.1. The maximum Gasteiger partial charge on any atom is 0.251 e. The number of oxime groups is 1. The lowest BCUT2D eigenvalue weighted by molar-refractivity contribution is 0.0933. The first-order chi connectivity index (χ1) is 9.12. The van der Waals surface area contributed by atoms with E-state index in [2.05, 4.69) is 24.3 Å². The molecule has 0 aliphatic heterocycles. The summed E-state index contributed by atoms with van der Waals surface area (Å²) in [7, 11) is 0. The van der Waals surface area contributed by atoms with Gasteiger partial charge < -0.3 is 16.3 Å². The van der Waals surface area contributed by atoms with E-state index in [0.717, 1.165) is 19.3 Å². The molecule has 1 unspecified atom stereocenters. The van der Waals surface area contributed by atoms with Crippen LogP contribution >= 0.6 is 0 Å². The quantitative estimate of drug-likeness (QED) is 0.318. The molecule has 5 heteroatoms. The highest BCUT2D eigenvalue weighted by molar-refractivity contribution is 5.99. The minimum Gasteiger partial charge on any atom is -0.409 e. The Balaban J connectivity index is 2.72. The molecule has 1 atom stereocenters. The highest BCUT2D eigenvalue weighted by atomic mass is 16.4. The van der Waals surface area contributed by atoms with E-state index in [9.17, 15) is 4.79 Å². The van der Waals surface area contributed by atoms with Gasteiger partial charge >= 0.3 is 0 Å². The summed E-state index contributed by atoms with van der Waals surface area (Å²) in [5, 5.41) is 14.5. The van der Waals surface area contributed by atoms with Gasteiger partial charge in [0.1, 0.15) is 0 Å². The summed E-state index contributed by atoms with van der Waals surface area (Å²) < 4.78 is 0. The fraction of sp³-hybridized carbons (Fsp3) is 0.429. The molecule has 0 heterocycles. The van der Waals surface area contributed by atoms with Crippen LogP contribution in [0.1, 0.15) is 49.0 Å². The Morgan fingerprint density at radius 3 is 2.37 bits per heavy atom. The van der Waals surface area contributed by atoms with E-state index in [1.807, 2.05) is 0 Å². The van der Waals surface area contributed by atoms with E-state index >= 15 is 0 Å². The van der Waals surface area contributed by atoms with E-state index < -0.39 is 0 Å². The van der Waals surface area contributed by atoms with Gasteiger partial charge in [-0.15, -0.1) is 0 Å². The number of hydrogen-bond donors (Lipinski definition) is 3. The van der Waals surface area contributed by atoms with Crippen molar-refractivity contribution in [3.05, 3.63) is 35.4 Å². The Hall–Kier alpha value is -2.04. The summed E-state index contributed by atoms with van der Waals surface area (Å²) in [6, 6.07) is 6.86. The highest BCUT2D eigenvalue weighted by Crippen LogP contribution is 2.07. The molecule has 0 saturated heterocycles. The Kier molecular flexibility index (Phi) is 5.85. The number of nitrogens with zero attached hydrogens (tertiary/aromatic N) is 1. The van der Waals surface area contributed by atoms with Gasteiger partial charge in [-0.2, -0.15) is 0 Å². The van der Waals surface area contributed by atoms with Crippen molar-refractivity contribution in [2.24, 2.45) is 10.9 Å². The van der Waals surface area contributed by atoms with Crippen molar-refractivity contribution >= 4 is 11.7 Å². The van der Waals surface area contributed by atoms with Gasteiger partial charge in [-0.1, -0.05) is 37.6 Å². The molecule has 0 aliphatic carbocycles. The van der Waals surface area contributed by atoms with E-state index in [0.29, 0.717) is 11.1 Å². The summed E-state index contributed by atoms with van der Waals surface area (Å²) in [4.78, 5) is 12.0. The summed E-state index contributed by atoms with van der Waals surface area (Å²) in [6.45, 7) is 4.16. The number of amides is 1. The molecule has 0 radical (unpaired) electrons. The number of nitrogens with two attached hydrogens (primary N) is 1. The molecule has 19 heavy (non-hydrogen) atoms. The first-order valence-electron chi connectivity index (χ1n) is 6.51. The molecule has 0 aliphatic rings. The van der Waals surface area contributed by atoms with Crippen molar-refractivity contribution < 1.29 is 10.0 Å². The molecule has 0 saturated carbocycles. The van der Waals surface area contributed by atoms with Crippen molar-refractivity contribution in [3.63, 3.8) is 0 Å². The number of carbonyl (C=O) groups excluding carboxylic acids is 1. The molecule has 104 valence electrons. The maximum absolute atomic E-state index is 12.0. The van der Waals surface area contributed by atoms with Crippen LogP contribution in [0.5, 0.6) is 0 Å². The third kappa shape index (κ3) is 4.28. The zero-order valence-electron chi connectivity index (χ0n) is 11.4. The number of amidine groups is 1. The minimum atomic E-state index is -0.0913. The number of benzene rings is 1. The van der Waals surface area contributed by atoms with Crippen LogP contribution in [0, 0.1) is 0 Å². The lowest BCUT2D eigenvalue weighted by Crippen LogP contribution is -2.34. The lowest BCUT2D eigenvalue weighted by Gasteiger charge is -2.16. The largest absolute Gasteiger partial charge is 0.409 e. The van der Waals surface area contributed by atoms with Crippen LogP contribution in [0.15, 0.2) is 29.4 Å². The number of rotatable bonds is 6. The predicted molar refractivity (Wildman–Crippen MR) is 75.4 cm³/mol. The fourth-order valence-corrected chi connectivity index (χ4v) is 1.85. The van der Waals surface area contributed by atoms with Crippen LogP contribution in [0.25, 0.3) is 0 Å². The highest BCUT2D eigenvalue weighted by Gasteiger charge is 2.11. The van der Waals surface area contributed by atoms with Gasteiger partial charge in [-0.3, -0.25) is 4.79 Å². The average Bonchev–Trinajstić information content (AvgIpc) is 2.45. The second kappa shape index (κ2) is 7.41. The zero-order valence-corrected chi connectivity index (χ0v) is 11.4. The maximum atomic E-state index is 12.0. The van der Waals surface area contributed by atoms with E-state index in [4.69, 9.17) is 10.9 Å². The molecular formula is C14H21N3O2. The predicted octanol–water partition coefficient (Wildman–Crippen LogP) is 2.09. The third-order valence-corrected chi connectivity index (χ3v) is 3.02. The van der Waals surface area contributed by atoms with Crippen LogP contribution in [0.2, 0.25) is 0 Å². The first kappa shape index (κ1) is 15.0. The molecule has 0 bridgehead atoms. The van der Waals surface area contributed by atoms with Crippen molar-refractivity contribution in [2.45, 2.75) is 39.2 Å². The molecule has 0 spiro atoms. The smallest absolute Gasteiger partial charge is 0.251 e. The fourth-order valence-electron chi connectivity index (χ4n) is 1.85. The van der Waals surface area contributed by atoms with Crippen molar-refractivity contribution in [3.8, 4) is 0 Å². The molecule has 0 fully saturated rings. The normalized spacial score (nSPS) is 13.1. The SMILES string of the molecule is CCCC(CC)NC(=O)c1ccc(C(N)=NO)cc1. The van der Waals surface area contributed by atoms with Gasteiger partial charge in [0.05, 0.1) is 0 Å². The van der Waals surface area contributed by atoms with Crippen LogP contribution < -0.4 is 11.1 Å². The molecule has 4 N–H and O–H groups in total. The van der Waals surface area contributed by atoms with Gasteiger partial charge in [0.25, 0.3) is 5.91 Å². The number of hydrogen-bond acceptors (Lipinski definition) is 3. The topological polar surface area (TPSA) is 87.7 Å². The standard InChI is InChI=1S/C14H21N3O2/c1-3-5-12(4-2)16-14(18)11-8-6-10(7-9-11)13(15)17-19/h6-9,12,19H,3-5H2,1-2H3,(H2,15,17)(H,16,18). The number of carbonyl (C=O) groups is 1. The molecule has 1 amide bonds. The Morgan fingerprint density at radius 1 is 1.32 bits per heavy atom. The van der Waals surface area contributed by atoms with Crippen LogP contribution in [0.4, 0.5) is 0 Å². The van der Waals surface area contributed by atoms with Crippen molar-refractivity contribution in [2.75, 3.05) is 0 Å². The van der Waals surface area contributed by atoms with Gasteiger partial charge in [0, 0.05) is 17.2 Å². The van der Waals surface area contributed by atoms with E-state index in [1.54, 1.807) is 24.3 Å². The number of nitrogens with one attached hydrogen (secondary N) is 1. The van der Waals surface area contributed by atoms with Gasteiger partial charge in [0.15, 0.2) is 5.84 Å². The van der Waals surface area contributed by atoms with Crippen LogP contribution in [-0.2, 0) is 0 Å². The van der Waals surface area contributed by atoms with Crippen molar-refractivity contribution in [1.82, 2.24) is 5.32 Å². The molecule has 1 aromatic carbocycles. The average molecular weight is 263 g/mol. The summed E-state index contributed by atoms with van der Waals surface area (Å²) in [5.41, 5.74) is 6.62. The molecule has 1 aromatic rings. The van der Waals surface area contributed by atoms with E-state index in [1.165, 1.54) is 0 Å². The van der Waals surface area contributed by atoms with Crippen LogP contribution in [-0.4, -0.2) is 23.0 Å². The monoisotopic (exact) mass is 263 g/mol. The van der Waals surface area contributed by atoms with Gasteiger partial charge in [-0.25, -0.2) is 0 Å². The summed E-state index contributed by atoms with van der Waals surface area (Å²) in [6.07, 6.45) is 2.94. The molecule has 0 aromatic heterocycles. The molecular weight excluding hydrogens is 242 g/mol. The Labute approximate surface area is 113 Å². The van der Waals surface area contributed by atoms with E-state index in [-0.39, 0.29) is 17.8 Å². The summed E-state index contributed by atoms with van der Waals surface area (Å²) in [5.74, 6) is -0.0595. The van der Waals surface area contributed by atoms with Crippen molar-refractivity contribution in [1.29, 1.82) is 0 Å². The minimum absolute atomic E-state index is 0.0318. The second-order valence-corrected chi connectivity index (χ2v) is 4.43. The van der Waals surface area contributed by atoms with Gasteiger partial charge in [-0.05, 0) is 25.0 Å². The Morgan fingerprint density at radius 2 is 1.89 bits per heavy atom. The second-order valence-electron chi connectivity index (χ2n) is 4.43. The van der Waals surface area contributed by atoms with Crippen LogP contribution in [0.3, 0.4) is 0 Å². The summed E-state index contributed by atoms with van der Waals surface area (Å²) >= 11 is 0. The zero-order chi connectivity index (χ0) is 14.3. The molecule has 1 rings (SSSR count). The first-order valence-corrected chi connectivity index (χ1v) is 6.51. The Bertz CT molecular complexity index is 441. The molecule has 5 nitrogen and oxygen atoms in total. The van der Waals surface area contributed by atoms with Gasteiger partial charge in [0.2, 0.25) is 0 Å². The third-order valence-electron chi connectivity index (χ3n) is 3.02.